The van der Waals surface area contributed by atoms with Gasteiger partial charge in [-0.3, -0.25) is 0 Å². The molecular weight excluding hydrogens is 236 g/mol. The number of hydrogen-bond acceptors (Lipinski definition) is 3. The SMILES string of the molecule is CCN1CCCC(Cc2nnc3n2CC(C)CC3)C1. The molecule has 0 spiro atoms. The molecule has 0 radical (unpaired) electrons. The van der Waals surface area contributed by atoms with Crippen LogP contribution in [-0.2, 0) is 19.4 Å². The molecule has 19 heavy (non-hydrogen) atoms. The summed E-state index contributed by atoms with van der Waals surface area (Å²) in [6, 6.07) is 0. The second-order valence-corrected chi connectivity index (χ2v) is 6.39. The Kier molecular flexibility index (Phi) is 3.87. The van der Waals surface area contributed by atoms with E-state index < -0.39 is 0 Å². The zero-order valence-electron chi connectivity index (χ0n) is 12.3. The van der Waals surface area contributed by atoms with Gasteiger partial charge < -0.3 is 9.47 Å². The van der Waals surface area contributed by atoms with Crippen molar-refractivity contribution in [2.24, 2.45) is 11.8 Å². The lowest BCUT2D eigenvalue weighted by molar-refractivity contribution is 0.179. The summed E-state index contributed by atoms with van der Waals surface area (Å²) in [5.41, 5.74) is 0. The molecule has 2 unspecified atom stereocenters. The first kappa shape index (κ1) is 13.1. The number of piperidine rings is 1. The molecule has 4 heteroatoms. The fourth-order valence-electron chi connectivity index (χ4n) is 3.56. The molecule has 4 nitrogen and oxygen atoms in total. The first-order chi connectivity index (χ1) is 9.26. The Morgan fingerprint density at radius 1 is 1.21 bits per heavy atom. The number of aromatic nitrogens is 3. The van der Waals surface area contributed by atoms with E-state index in [0.29, 0.717) is 0 Å². The molecule has 0 bridgehead atoms. The minimum Gasteiger partial charge on any atom is -0.315 e. The summed E-state index contributed by atoms with van der Waals surface area (Å²) >= 11 is 0. The standard InChI is InChI=1S/C15H26N4/c1-3-18-8-4-5-13(11-18)9-15-17-16-14-7-6-12(2)10-19(14)15/h12-13H,3-11H2,1-2H3. The average Bonchev–Trinajstić information content (AvgIpc) is 2.81. The summed E-state index contributed by atoms with van der Waals surface area (Å²) in [4.78, 5) is 2.57. The molecule has 1 fully saturated rings. The quantitative estimate of drug-likeness (QED) is 0.837. The van der Waals surface area contributed by atoms with E-state index in [0.717, 1.165) is 31.2 Å². The van der Waals surface area contributed by atoms with Crippen molar-refractivity contribution in [2.75, 3.05) is 19.6 Å². The fraction of sp³-hybridized carbons (Fsp3) is 0.867. The summed E-state index contributed by atoms with van der Waals surface area (Å²) < 4.78 is 2.40. The highest BCUT2D eigenvalue weighted by molar-refractivity contribution is 5.01. The molecule has 1 saturated heterocycles. The number of nitrogens with zero attached hydrogens (tertiary/aromatic N) is 4. The van der Waals surface area contributed by atoms with Gasteiger partial charge in [0.25, 0.3) is 0 Å². The van der Waals surface area contributed by atoms with E-state index in [2.05, 4.69) is 33.5 Å². The molecule has 0 aliphatic carbocycles. The maximum atomic E-state index is 4.47. The Balaban J connectivity index is 1.68. The Morgan fingerprint density at radius 3 is 2.95 bits per heavy atom. The van der Waals surface area contributed by atoms with E-state index in [9.17, 15) is 0 Å². The smallest absolute Gasteiger partial charge is 0.133 e. The van der Waals surface area contributed by atoms with Crippen molar-refractivity contribution in [1.82, 2.24) is 19.7 Å². The van der Waals surface area contributed by atoms with Crippen LogP contribution in [0.2, 0.25) is 0 Å². The van der Waals surface area contributed by atoms with Crippen LogP contribution >= 0.6 is 0 Å². The average molecular weight is 262 g/mol. The van der Waals surface area contributed by atoms with Gasteiger partial charge in [-0.2, -0.15) is 0 Å². The molecule has 1 aromatic rings. The zero-order chi connectivity index (χ0) is 13.2. The number of likely N-dealkylation sites (tertiary alicyclic amines) is 1. The van der Waals surface area contributed by atoms with Crippen LogP contribution in [0.15, 0.2) is 0 Å². The summed E-state index contributed by atoms with van der Waals surface area (Å²) in [6.45, 7) is 9.44. The lowest BCUT2D eigenvalue weighted by atomic mass is 9.94. The van der Waals surface area contributed by atoms with E-state index in [1.165, 1.54) is 50.5 Å². The highest BCUT2D eigenvalue weighted by Crippen LogP contribution is 2.24. The minimum atomic E-state index is 0.777. The zero-order valence-corrected chi connectivity index (χ0v) is 12.3. The van der Waals surface area contributed by atoms with Crippen LogP contribution in [-0.4, -0.2) is 39.3 Å². The first-order valence-electron chi connectivity index (χ1n) is 7.89. The van der Waals surface area contributed by atoms with Gasteiger partial charge in [0, 0.05) is 25.9 Å². The predicted molar refractivity (Wildman–Crippen MR) is 76.0 cm³/mol. The largest absolute Gasteiger partial charge is 0.315 e. The third kappa shape index (κ3) is 2.83. The van der Waals surface area contributed by atoms with Gasteiger partial charge in [-0.25, -0.2) is 0 Å². The van der Waals surface area contributed by atoms with E-state index in [1.54, 1.807) is 0 Å². The molecular formula is C15H26N4. The minimum absolute atomic E-state index is 0.777. The maximum Gasteiger partial charge on any atom is 0.133 e. The maximum absolute atomic E-state index is 4.47. The van der Waals surface area contributed by atoms with Crippen molar-refractivity contribution in [2.45, 2.75) is 52.5 Å². The van der Waals surface area contributed by atoms with Gasteiger partial charge in [0.1, 0.15) is 11.6 Å². The summed E-state index contributed by atoms with van der Waals surface area (Å²) in [6.07, 6.45) is 6.20. The van der Waals surface area contributed by atoms with Gasteiger partial charge in [0.2, 0.25) is 0 Å². The monoisotopic (exact) mass is 262 g/mol. The molecule has 3 heterocycles. The van der Waals surface area contributed by atoms with Gasteiger partial charge in [-0.05, 0) is 44.2 Å². The topological polar surface area (TPSA) is 34.0 Å². The van der Waals surface area contributed by atoms with E-state index >= 15 is 0 Å². The van der Waals surface area contributed by atoms with Crippen molar-refractivity contribution in [3.05, 3.63) is 11.6 Å². The Hall–Kier alpha value is -0.900. The molecule has 2 aliphatic heterocycles. The number of aryl methyl sites for hydroxylation is 1. The molecule has 3 rings (SSSR count). The van der Waals surface area contributed by atoms with Crippen molar-refractivity contribution >= 4 is 0 Å². The van der Waals surface area contributed by atoms with Gasteiger partial charge >= 0.3 is 0 Å². The van der Waals surface area contributed by atoms with Crippen molar-refractivity contribution < 1.29 is 0 Å². The second kappa shape index (κ2) is 5.61. The molecule has 0 N–H and O–H groups in total. The normalized spacial score (nSPS) is 28.3. The molecule has 2 atom stereocenters. The molecule has 1 aromatic heterocycles. The highest BCUT2D eigenvalue weighted by Gasteiger charge is 2.24. The third-order valence-corrected chi connectivity index (χ3v) is 4.78. The molecule has 0 amide bonds. The number of fused-ring (bicyclic) bond motifs is 1. The summed E-state index contributed by atoms with van der Waals surface area (Å²) in [5, 5.41) is 8.87. The van der Waals surface area contributed by atoms with Gasteiger partial charge in [0.05, 0.1) is 0 Å². The third-order valence-electron chi connectivity index (χ3n) is 4.78. The summed E-state index contributed by atoms with van der Waals surface area (Å²) in [5.74, 6) is 4.01. The van der Waals surface area contributed by atoms with E-state index in [1.807, 2.05) is 0 Å². The van der Waals surface area contributed by atoms with E-state index in [-0.39, 0.29) is 0 Å². The fourth-order valence-corrected chi connectivity index (χ4v) is 3.56. The lowest BCUT2D eigenvalue weighted by Gasteiger charge is -2.32. The van der Waals surface area contributed by atoms with Crippen LogP contribution in [0, 0.1) is 11.8 Å². The van der Waals surface area contributed by atoms with Gasteiger partial charge in [-0.15, -0.1) is 10.2 Å². The predicted octanol–water partition coefficient (Wildman–Crippen LogP) is 2.13. The van der Waals surface area contributed by atoms with Crippen LogP contribution in [0.5, 0.6) is 0 Å². The van der Waals surface area contributed by atoms with Crippen LogP contribution in [0.3, 0.4) is 0 Å². The summed E-state index contributed by atoms with van der Waals surface area (Å²) in [7, 11) is 0. The van der Waals surface area contributed by atoms with Crippen molar-refractivity contribution in [3.63, 3.8) is 0 Å². The molecule has 2 aliphatic rings. The number of hydrogen-bond donors (Lipinski definition) is 0. The Labute approximate surface area is 116 Å². The van der Waals surface area contributed by atoms with E-state index in [4.69, 9.17) is 0 Å². The van der Waals surface area contributed by atoms with Crippen LogP contribution in [0.1, 0.15) is 44.8 Å². The van der Waals surface area contributed by atoms with Crippen LogP contribution in [0.4, 0.5) is 0 Å². The highest BCUT2D eigenvalue weighted by atomic mass is 15.3. The molecule has 106 valence electrons. The van der Waals surface area contributed by atoms with Crippen molar-refractivity contribution in [3.8, 4) is 0 Å². The Morgan fingerprint density at radius 2 is 2.11 bits per heavy atom. The number of rotatable bonds is 3. The van der Waals surface area contributed by atoms with Crippen LogP contribution < -0.4 is 0 Å². The first-order valence-corrected chi connectivity index (χ1v) is 7.89. The molecule has 0 saturated carbocycles. The second-order valence-electron chi connectivity index (χ2n) is 6.39. The Bertz CT molecular complexity index is 426. The van der Waals surface area contributed by atoms with Crippen molar-refractivity contribution in [1.29, 1.82) is 0 Å². The lowest BCUT2D eigenvalue weighted by Crippen LogP contribution is -2.36. The van der Waals surface area contributed by atoms with Gasteiger partial charge in [0.15, 0.2) is 0 Å². The van der Waals surface area contributed by atoms with Gasteiger partial charge in [-0.1, -0.05) is 13.8 Å². The molecule has 0 aromatic carbocycles. The van der Waals surface area contributed by atoms with Crippen LogP contribution in [0.25, 0.3) is 0 Å².